The fourth-order valence-electron chi connectivity index (χ4n) is 2.38. The first kappa shape index (κ1) is 15.3. The Balaban J connectivity index is 1.68. The van der Waals surface area contributed by atoms with Crippen LogP contribution in [0, 0.1) is 0 Å². The lowest BCUT2D eigenvalue weighted by atomic mass is 10.1. The highest BCUT2D eigenvalue weighted by Gasteiger charge is 2.03. The van der Waals surface area contributed by atoms with Crippen LogP contribution in [0.15, 0.2) is 72.8 Å². The fraction of sp³-hybridized carbons (Fsp3) is 0.0500. The van der Waals surface area contributed by atoms with Gasteiger partial charge in [-0.05, 0) is 34.0 Å². The third kappa shape index (κ3) is 3.79. The largest absolute Gasteiger partial charge is 0.458 e. The van der Waals surface area contributed by atoms with Gasteiger partial charge in [-0.15, -0.1) is 0 Å². The second-order valence-electron chi connectivity index (χ2n) is 5.10. The molecule has 0 fully saturated rings. The number of ether oxygens (including phenoxy) is 1. The Hall–Kier alpha value is -2.58. The molecule has 0 radical (unpaired) electrons. The van der Waals surface area contributed by atoms with Crippen LogP contribution in [0.3, 0.4) is 0 Å². The second-order valence-corrected chi connectivity index (χ2v) is 5.51. The van der Waals surface area contributed by atoms with Gasteiger partial charge in [-0.3, -0.25) is 0 Å². The molecule has 3 aromatic carbocycles. The van der Waals surface area contributed by atoms with Crippen LogP contribution in [0.4, 0.5) is 0 Å². The molecule has 0 N–H and O–H groups in total. The molecule has 0 saturated heterocycles. The summed E-state index contributed by atoms with van der Waals surface area (Å²) in [4.78, 5) is 11.9. The van der Waals surface area contributed by atoms with Crippen LogP contribution >= 0.6 is 11.6 Å². The summed E-state index contributed by atoms with van der Waals surface area (Å²) in [6.45, 7) is 0.243. The summed E-state index contributed by atoms with van der Waals surface area (Å²) in [6.07, 6.45) is 3.06. The third-order valence-electron chi connectivity index (χ3n) is 3.55. The van der Waals surface area contributed by atoms with Gasteiger partial charge in [0.05, 0.1) is 0 Å². The van der Waals surface area contributed by atoms with Gasteiger partial charge in [0.1, 0.15) is 6.61 Å². The topological polar surface area (TPSA) is 26.3 Å². The van der Waals surface area contributed by atoms with Crippen LogP contribution in [-0.2, 0) is 16.1 Å². The summed E-state index contributed by atoms with van der Waals surface area (Å²) in [5, 5.41) is 2.83. The van der Waals surface area contributed by atoms with E-state index in [-0.39, 0.29) is 6.61 Å². The van der Waals surface area contributed by atoms with Crippen LogP contribution in [0.2, 0.25) is 5.02 Å². The molecule has 0 spiro atoms. The van der Waals surface area contributed by atoms with Crippen molar-refractivity contribution < 1.29 is 9.53 Å². The van der Waals surface area contributed by atoms with Crippen molar-refractivity contribution >= 4 is 34.4 Å². The monoisotopic (exact) mass is 322 g/mol. The molecule has 0 aliphatic rings. The van der Waals surface area contributed by atoms with Crippen molar-refractivity contribution in [2.75, 3.05) is 0 Å². The SMILES string of the molecule is O=C(/C=C/c1ccccc1Cl)OCc1cccc2ccccc12. The standard InChI is InChI=1S/C20H15ClO2/c21-19-11-4-2-7-16(19)12-13-20(22)23-14-17-9-5-8-15-6-1-3-10-18(15)17/h1-13H,14H2/b13-12+. The van der Waals surface area contributed by atoms with Gasteiger partial charge < -0.3 is 4.74 Å². The zero-order chi connectivity index (χ0) is 16.1. The van der Waals surface area contributed by atoms with E-state index >= 15 is 0 Å². The van der Waals surface area contributed by atoms with Gasteiger partial charge >= 0.3 is 5.97 Å². The number of esters is 1. The maximum absolute atomic E-state index is 11.9. The van der Waals surface area contributed by atoms with Gasteiger partial charge in [-0.2, -0.15) is 0 Å². The number of hydrogen-bond donors (Lipinski definition) is 0. The highest BCUT2D eigenvalue weighted by atomic mass is 35.5. The minimum Gasteiger partial charge on any atom is -0.458 e. The third-order valence-corrected chi connectivity index (χ3v) is 3.90. The molecular weight excluding hydrogens is 308 g/mol. The Kier molecular flexibility index (Phi) is 4.74. The zero-order valence-corrected chi connectivity index (χ0v) is 13.2. The fourth-order valence-corrected chi connectivity index (χ4v) is 2.58. The Morgan fingerprint density at radius 2 is 1.70 bits per heavy atom. The van der Waals surface area contributed by atoms with Gasteiger partial charge in [0.15, 0.2) is 0 Å². The van der Waals surface area contributed by atoms with E-state index in [4.69, 9.17) is 16.3 Å². The van der Waals surface area contributed by atoms with Crippen molar-refractivity contribution in [2.24, 2.45) is 0 Å². The number of halogens is 1. The molecule has 3 aromatic rings. The first-order chi connectivity index (χ1) is 11.2. The quantitative estimate of drug-likeness (QED) is 0.484. The first-order valence-electron chi connectivity index (χ1n) is 7.30. The van der Waals surface area contributed by atoms with E-state index in [2.05, 4.69) is 0 Å². The van der Waals surface area contributed by atoms with E-state index in [9.17, 15) is 4.79 Å². The molecule has 0 heterocycles. The van der Waals surface area contributed by atoms with E-state index in [1.54, 1.807) is 12.1 Å². The zero-order valence-electron chi connectivity index (χ0n) is 12.4. The molecule has 0 amide bonds. The molecule has 0 aromatic heterocycles. The summed E-state index contributed by atoms with van der Waals surface area (Å²) >= 11 is 6.04. The molecule has 0 atom stereocenters. The van der Waals surface area contributed by atoms with Crippen LogP contribution in [0.1, 0.15) is 11.1 Å². The smallest absolute Gasteiger partial charge is 0.331 e. The summed E-state index contributed by atoms with van der Waals surface area (Å²) in [6, 6.07) is 21.3. The highest BCUT2D eigenvalue weighted by Crippen LogP contribution is 2.19. The number of benzene rings is 3. The maximum Gasteiger partial charge on any atom is 0.331 e. The van der Waals surface area contributed by atoms with Gasteiger partial charge in [-0.25, -0.2) is 4.79 Å². The Bertz CT molecular complexity index is 863. The Labute approximate surface area is 140 Å². The number of carbonyl (C=O) groups is 1. The lowest BCUT2D eigenvalue weighted by Gasteiger charge is -2.06. The van der Waals surface area contributed by atoms with Gasteiger partial charge in [-0.1, -0.05) is 72.3 Å². The molecule has 0 bridgehead atoms. The maximum atomic E-state index is 11.9. The predicted molar refractivity (Wildman–Crippen MR) is 94.2 cm³/mol. The second kappa shape index (κ2) is 7.12. The molecule has 114 valence electrons. The molecule has 0 saturated carbocycles. The van der Waals surface area contributed by atoms with Crippen LogP contribution < -0.4 is 0 Å². The van der Waals surface area contributed by atoms with Crippen molar-refractivity contribution in [3.8, 4) is 0 Å². The normalized spacial score (nSPS) is 11.0. The summed E-state index contributed by atoms with van der Waals surface area (Å²) in [5.74, 6) is -0.391. The van der Waals surface area contributed by atoms with E-state index in [0.29, 0.717) is 5.02 Å². The van der Waals surface area contributed by atoms with Gasteiger partial charge in [0, 0.05) is 11.1 Å². The minimum absolute atomic E-state index is 0.243. The summed E-state index contributed by atoms with van der Waals surface area (Å²) in [7, 11) is 0. The average molecular weight is 323 g/mol. The van der Waals surface area contributed by atoms with Crippen molar-refractivity contribution in [1.29, 1.82) is 0 Å². The molecule has 0 aliphatic heterocycles. The van der Waals surface area contributed by atoms with Crippen molar-refractivity contribution in [3.63, 3.8) is 0 Å². The number of carbonyl (C=O) groups excluding carboxylic acids is 1. The molecule has 0 aliphatic carbocycles. The van der Waals surface area contributed by atoms with E-state index in [0.717, 1.165) is 21.9 Å². The number of hydrogen-bond acceptors (Lipinski definition) is 2. The van der Waals surface area contributed by atoms with E-state index in [1.807, 2.05) is 60.7 Å². The highest BCUT2D eigenvalue weighted by molar-refractivity contribution is 6.32. The average Bonchev–Trinajstić information content (AvgIpc) is 2.59. The van der Waals surface area contributed by atoms with Crippen molar-refractivity contribution in [1.82, 2.24) is 0 Å². The molecular formula is C20H15ClO2. The minimum atomic E-state index is -0.391. The van der Waals surface area contributed by atoms with Gasteiger partial charge in [0.2, 0.25) is 0 Å². The van der Waals surface area contributed by atoms with Gasteiger partial charge in [0.25, 0.3) is 0 Å². The Morgan fingerprint density at radius 3 is 2.57 bits per heavy atom. The molecule has 3 heteroatoms. The number of fused-ring (bicyclic) bond motifs is 1. The molecule has 0 unspecified atom stereocenters. The van der Waals surface area contributed by atoms with Crippen LogP contribution in [-0.4, -0.2) is 5.97 Å². The van der Waals surface area contributed by atoms with Crippen molar-refractivity contribution in [2.45, 2.75) is 6.61 Å². The van der Waals surface area contributed by atoms with Crippen LogP contribution in [0.5, 0.6) is 0 Å². The Morgan fingerprint density at radius 1 is 0.957 bits per heavy atom. The summed E-state index contributed by atoms with van der Waals surface area (Å²) < 4.78 is 5.33. The molecule has 2 nitrogen and oxygen atoms in total. The number of rotatable bonds is 4. The lowest BCUT2D eigenvalue weighted by molar-refractivity contribution is -0.138. The predicted octanol–water partition coefficient (Wildman–Crippen LogP) is 5.25. The van der Waals surface area contributed by atoms with Crippen molar-refractivity contribution in [3.05, 3.63) is 89.0 Å². The lowest BCUT2D eigenvalue weighted by Crippen LogP contribution is -2.01. The first-order valence-corrected chi connectivity index (χ1v) is 7.68. The van der Waals surface area contributed by atoms with Crippen LogP contribution in [0.25, 0.3) is 16.8 Å². The van der Waals surface area contributed by atoms with E-state index in [1.165, 1.54) is 6.08 Å². The summed E-state index contributed by atoms with van der Waals surface area (Å²) in [5.41, 5.74) is 1.78. The molecule has 23 heavy (non-hydrogen) atoms. The molecule has 3 rings (SSSR count). The van der Waals surface area contributed by atoms with E-state index < -0.39 is 5.97 Å².